The number of nitrogens with zero attached hydrogens (tertiary/aromatic N) is 1. The number of benzene rings is 1. The van der Waals surface area contributed by atoms with E-state index in [2.05, 4.69) is 10.3 Å². The molecule has 1 heterocycles. The minimum Gasteiger partial charge on any atom is -0.494 e. The van der Waals surface area contributed by atoms with Gasteiger partial charge >= 0.3 is 5.97 Å². The topological polar surface area (TPSA) is 88.5 Å². The number of rotatable bonds is 8. The van der Waals surface area contributed by atoms with Gasteiger partial charge in [0.1, 0.15) is 5.75 Å². The van der Waals surface area contributed by atoms with Crippen molar-refractivity contribution in [2.45, 2.75) is 40.0 Å². The van der Waals surface area contributed by atoms with Gasteiger partial charge in [0, 0.05) is 16.9 Å². The summed E-state index contributed by atoms with van der Waals surface area (Å²) < 4.78 is 5.49. The fourth-order valence-corrected chi connectivity index (χ4v) is 3.42. The van der Waals surface area contributed by atoms with Crippen molar-refractivity contribution in [2.75, 3.05) is 11.9 Å². The van der Waals surface area contributed by atoms with Crippen molar-refractivity contribution in [3.63, 3.8) is 0 Å². The van der Waals surface area contributed by atoms with Gasteiger partial charge < -0.3 is 15.2 Å². The molecule has 0 aliphatic carbocycles. The molecule has 0 aliphatic rings. The van der Waals surface area contributed by atoms with E-state index in [1.807, 2.05) is 39.0 Å². The monoisotopic (exact) mass is 362 g/mol. The molecule has 7 heteroatoms. The number of hydrogen-bond donors (Lipinski definition) is 2. The van der Waals surface area contributed by atoms with Crippen molar-refractivity contribution in [1.29, 1.82) is 0 Å². The average Bonchev–Trinajstić information content (AvgIpc) is 2.89. The number of carboxylic acid groups (broad SMARTS) is 1. The van der Waals surface area contributed by atoms with Crippen LogP contribution in [-0.4, -0.2) is 28.6 Å². The second-order valence-corrected chi connectivity index (χ2v) is 6.65. The van der Waals surface area contributed by atoms with Gasteiger partial charge in [-0.3, -0.25) is 9.59 Å². The number of aliphatic carboxylic acids is 1. The van der Waals surface area contributed by atoms with Crippen molar-refractivity contribution in [3.8, 4) is 17.0 Å². The van der Waals surface area contributed by atoms with Crippen molar-refractivity contribution >= 4 is 28.3 Å². The van der Waals surface area contributed by atoms with Gasteiger partial charge in [0.15, 0.2) is 5.13 Å². The van der Waals surface area contributed by atoms with E-state index in [1.165, 1.54) is 11.3 Å². The van der Waals surface area contributed by atoms with Gasteiger partial charge in [0.25, 0.3) is 0 Å². The molecule has 0 radical (unpaired) electrons. The largest absolute Gasteiger partial charge is 0.494 e. The Labute approximate surface area is 150 Å². The third kappa shape index (κ3) is 5.03. The van der Waals surface area contributed by atoms with E-state index in [1.54, 1.807) is 0 Å². The van der Waals surface area contributed by atoms with Crippen LogP contribution in [0.2, 0.25) is 0 Å². The fraction of sp³-hybridized carbons (Fsp3) is 0.389. The van der Waals surface area contributed by atoms with Crippen LogP contribution in [0.15, 0.2) is 18.2 Å². The van der Waals surface area contributed by atoms with Crippen LogP contribution in [0.3, 0.4) is 0 Å². The molecule has 0 spiro atoms. The first-order valence-corrected chi connectivity index (χ1v) is 9.01. The number of amides is 1. The van der Waals surface area contributed by atoms with Crippen LogP contribution in [0, 0.1) is 6.92 Å². The summed E-state index contributed by atoms with van der Waals surface area (Å²) in [5.74, 6) is -0.289. The molecule has 1 aromatic heterocycles. The Bertz CT molecular complexity index is 770. The molecule has 134 valence electrons. The molecule has 1 amide bonds. The summed E-state index contributed by atoms with van der Waals surface area (Å²) >= 11 is 1.20. The van der Waals surface area contributed by atoms with Gasteiger partial charge in [-0.05, 0) is 44.0 Å². The van der Waals surface area contributed by atoms with Gasteiger partial charge in [-0.1, -0.05) is 6.92 Å². The number of hydrogen-bond acceptors (Lipinski definition) is 5. The normalized spacial score (nSPS) is 10.5. The van der Waals surface area contributed by atoms with E-state index < -0.39 is 5.97 Å². The maximum atomic E-state index is 11.8. The van der Waals surface area contributed by atoms with Gasteiger partial charge in [-0.15, -0.1) is 11.3 Å². The molecular weight excluding hydrogens is 340 g/mol. The third-order valence-corrected chi connectivity index (χ3v) is 4.47. The number of anilines is 1. The Morgan fingerprint density at radius 1 is 1.32 bits per heavy atom. The summed E-state index contributed by atoms with van der Waals surface area (Å²) in [6.07, 6.45) is 1.01. The number of aryl methyl sites for hydroxylation is 1. The number of carboxylic acids is 1. The smallest absolute Gasteiger partial charge is 0.308 e. The van der Waals surface area contributed by atoms with Crippen LogP contribution in [0.1, 0.15) is 37.1 Å². The van der Waals surface area contributed by atoms with Gasteiger partial charge in [-0.25, -0.2) is 4.98 Å². The molecule has 25 heavy (non-hydrogen) atoms. The van der Waals surface area contributed by atoms with E-state index >= 15 is 0 Å². The van der Waals surface area contributed by atoms with Gasteiger partial charge in [-0.2, -0.15) is 0 Å². The van der Waals surface area contributed by atoms with Gasteiger partial charge in [0.05, 0.1) is 18.7 Å². The molecule has 0 saturated carbocycles. The van der Waals surface area contributed by atoms with Crippen LogP contribution >= 0.6 is 11.3 Å². The highest BCUT2D eigenvalue weighted by molar-refractivity contribution is 7.16. The Morgan fingerprint density at radius 3 is 2.68 bits per heavy atom. The third-order valence-electron chi connectivity index (χ3n) is 3.50. The number of thiazole rings is 1. The summed E-state index contributed by atoms with van der Waals surface area (Å²) in [5.41, 5.74) is 2.38. The number of carbonyl (C=O) groups excluding carboxylic acids is 1. The summed E-state index contributed by atoms with van der Waals surface area (Å²) in [7, 11) is 0. The maximum absolute atomic E-state index is 11.8. The SMILES string of the molecule is CCCC(=O)Nc1nc(-c2ccc(OCC)cc2C)c(CC(=O)O)s1. The van der Waals surface area contributed by atoms with Crippen LogP contribution in [-0.2, 0) is 16.0 Å². The van der Waals surface area contributed by atoms with Crippen LogP contribution in [0.5, 0.6) is 5.75 Å². The summed E-state index contributed by atoms with van der Waals surface area (Å²) in [4.78, 5) is 28.1. The molecule has 2 aromatic rings. The molecule has 2 N–H and O–H groups in total. The molecule has 0 bridgehead atoms. The number of nitrogens with one attached hydrogen (secondary N) is 1. The molecule has 1 aromatic carbocycles. The predicted molar refractivity (Wildman–Crippen MR) is 98.3 cm³/mol. The highest BCUT2D eigenvalue weighted by atomic mass is 32.1. The van der Waals surface area contributed by atoms with Crippen molar-refractivity contribution in [3.05, 3.63) is 28.6 Å². The Hall–Kier alpha value is -2.41. The Morgan fingerprint density at radius 2 is 2.08 bits per heavy atom. The first-order chi connectivity index (χ1) is 11.9. The van der Waals surface area contributed by atoms with Crippen molar-refractivity contribution < 1.29 is 19.4 Å². The van der Waals surface area contributed by atoms with Crippen molar-refractivity contribution in [2.24, 2.45) is 0 Å². The zero-order valence-electron chi connectivity index (χ0n) is 14.6. The minimum atomic E-state index is -0.931. The highest BCUT2D eigenvalue weighted by Crippen LogP contribution is 2.34. The number of carbonyl (C=O) groups is 2. The lowest BCUT2D eigenvalue weighted by molar-refractivity contribution is -0.136. The predicted octanol–water partition coefficient (Wildman–Crippen LogP) is 3.88. The molecule has 0 saturated heterocycles. The lowest BCUT2D eigenvalue weighted by Gasteiger charge is -2.08. The zero-order chi connectivity index (χ0) is 18.4. The first kappa shape index (κ1) is 18.9. The molecule has 0 atom stereocenters. The minimum absolute atomic E-state index is 0.118. The summed E-state index contributed by atoms with van der Waals surface area (Å²) in [6.45, 7) is 6.34. The molecule has 2 rings (SSSR count). The molecule has 0 unspecified atom stereocenters. The zero-order valence-corrected chi connectivity index (χ0v) is 15.4. The molecule has 0 aliphatic heterocycles. The van der Waals surface area contributed by atoms with Crippen molar-refractivity contribution in [1.82, 2.24) is 4.98 Å². The van der Waals surface area contributed by atoms with Crippen LogP contribution in [0.4, 0.5) is 5.13 Å². The second-order valence-electron chi connectivity index (χ2n) is 5.57. The first-order valence-electron chi connectivity index (χ1n) is 8.19. The van der Waals surface area contributed by atoms with Crippen LogP contribution in [0.25, 0.3) is 11.3 Å². The van der Waals surface area contributed by atoms with E-state index in [0.717, 1.165) is 23.3 Å². The maximum Gasteiger partial charge on any atom is 0.308 e. The average molecular weight is 362 g/mol. The number of ether oxygens (including phenoxy) is 1. The number of aromatic nitrogens is 1. The summed E-state index contributed by atoms with van der Waals surface area (Å²) in [6, 6.07) is 5.61. The van der Waals surface area contributed by atoms with E-state index in [4.69, 9.17) is 9.84 Å². The molecule has 0 fully saturated rings. The lowest BCUT2D eigenvalue weighted by Crippen LogP contribution is -2.10. The van der Waals surface area contributed by atoms with Crippen LogP contribution < -0.4 is 10.1 Å². The second kappa shape index (κ2) is 8.62. The standard InChI is InChI=1S/C18H22N2O4S/c1-4-6-15(21)19-18-20-17(14(25-18)10-16(22)23)13-8-7-12(24-5-2)9-11(13)3/h7-9H,4-6,10H2,1-3H3,(H,22,23)(H,19,20,21). The summed E-state index contributed by atoms with van der Waals surface area (Å²) in [5, 5.41) is 12.3. The lowest BCUT2D eigenvalue weighted by atomic mass is 10.0. The molecular formula is C18H22N2O4S. The molecule has 6 nitrogen and oxygen atoms in total. The van der Waals surface area contributed by atoms with Gasteiger partial charge in [0.2, 0.25) is 5.91 Å². The van der Waals surface area contributed by atoms with E-state index in [0.29, 0.717) is 28.7 Å². The Kier molecular flexibility index (Phi) is 6.52. The quantitative estimate of drug-likeness (QED) is 0.744. The highest BCUT2D eigenvalue weighted by Gasteiger charge is 2.18. The fourth-order valence-electron chi connectivity index (χ4n) is 2.44. The van der Waals surface area contributed by atoms with E-state index in [9.17, 15) is 9.59 Å². The van der Waals surface area contributed by atoms with E-state index in [-0.39, 0.29) is 12.3 Å². The Balaban J connectivity index is 2.39.